The van der Waals surface area contributed by atoms with E-state index in [1.54, 1.807) is 0 Å². The van der Waals surface area contributed by atoms with Gasteiger partial charge in [0.2, 0.25) is 0 Å². The first-order valence-electron chi connectivity index (χ1n) is 5.62. The summed E-state index contributed by atoms with van der Waals surface area (Å²) in [4.78, 5) is 14.6. The standard InChI is InChI=1S/C12H14F2N2O2/c1-15-11(7-16(4-5-17)12(15)18)9-6-8(13)2-3-10(9)14/h2-3,6,11,17H,4-5,7H2,1H3. The molecule has 0 bridgehead atoms. The summed E-state index contributed by atoms with van der Waals surface area (Å²) >= 11 is 0. The van der Waals surface area contributed by atoms with E-state index in [-0.39, 0.29) is 31.3 Å². The maximum atomic E-state index is 13.7. The second kappa shape index (κ2) is 4.89. The Morgan fingerprint density at radius 2 is 2.17 bits per heavy atom. The molecule has 1 atom stereocenters. The van der Waals surface area contributed by atoms with Crippen molar-refractivity contribution >= 4 is 6.03 Å². The normalized spacial score (nSPS) is 19.8. The SMILES string of the molecule is CN1C(=O)N(CCO)CC1c1cc(F)ccc1F. The minimum Gasteiger partial charge on any atom is -0.395 e. The van der Waals surface area contributed by atoms with E-state index in [2.05, 4.69) is 0 Å². The number of aliphatic hydroxyl groups excluding tert-OH is 1. The number of halogens is 2. The molecule has 1 N–H and O–H groups in total. The van der Waals surface area contributed by atoms with Gasteiger partial charge in [-0.25, -0.2) is 13.6 Å². The highest BCUT2D eigenvalue weighted by Crippen LogP contribution is 2.29. The van der Waals surface area contributed by atoms with Crippen molar-refractivity contribution in [3.05, 3.63) is 35.4 Å². The van der Waals surface area contributed by atoms with Gasteiger partial charge in [0.15, 0.2) is 0 Å². The lowest BCUT2D eigenvalue weighted by molar-refractivity contribution is 0.182. The van der Waals surface area contributed by atoms with Crippen LogP contribution in [-0.2, 0) is 0 Å². The summed E-state index contributed by atoms with van der Waals surface area (Å²) in [7, 11) is 1.54. The molecule has 6 heteroatoms. The zero-order valence-electron chi connectivity index (χ0n) is 9.94. The van der Waals surface area contributed by atoms with E-state index in [4.69, 9.17) is 5.11 Å². The molecule has 18 heavy (non-hydrogen) atoms. The molecule has 1 aliphatic rings. The third-order valence-corrected chi connectivity index (χ3v) is 3.12. The van der Waals surface area contributed by atoms with Crippen LogP contribution in [0.25, 0.3) is 0 Å². The minimum absolute atomic E-state index is 0.155. The number of amides is 2. The number of rotatable bonds is 3. The Hall–Kier alpha value is -1.69. The maximum absolute atomic E-state index is 13.7. The predicted molar refractivity (Wildman–Crippen MR) is 60.9 cm³/mol. The van der Waals surface area contributed by atoms with Crippen LogP contribution in [-0.4, -0.2) is 47.7 Å². The molecular weight excluding hydrogens is 242 g/mol. The monoisotopic (exact) mass is 256 g/mol. The fraction of sp³-hybridized carbons (Fsp3) is 0.417. The van der Waals surface area contributed by atoms with E-state index >= 15 is 0 Å². The van der Waals surface area contributed by atoms with E-state index in [1.165, 1.54) is 16.8 Å². The van der Waals surface area contributed by atoms with Crippen LogP contribution in [0, 0.1) is 11.6 Å². The van der Waals surface area contributed by atoms with Crippen molar-refractivity contribution in [2.45, 2.75) is 6.04 Å². The molecule has 0 aliphatic carbocycles. The lowest BCUT2D eigenvalue weighted by atomic mass is 10.1. The molecule has 1 fully saturated rings. The van der Waals surface area contributed by atoms with Crippen LogP contribution in [0.3, 0.4) is 0 Å². The van der Waals surface area contributed by atoms with E-state index in [9.17, 15) is 13.6 Å². The number of urea groups is 1. The highest BCUT2D eigenvalue weighted by molar-refractivity contribution is 5.77. The van der Waals surface area contributed by atoms with Gasteiger partial charge in [0.25, 0.3) is 0 Å². The van der Waals surface area contributed by atoms with Gasteiger partial charge in [-0.2, -0.15) is 0 Å². The van der Waals surface area contributed by atoms with Crippen molar-refractivity contribution in [2.75, 3.05) is 26.7 Å². The first kappa shape index (κ1) is 12.8. The van der Waals surface area contributed by atoms with Crippen molar-refractivity contribution < 1.29 is 18.7 Å². The molecule has 1 aromatic rings. The molecule has 1 heterocycles. The van der Waals surface area contributed by atoms with Crippen LogP contribution >= 0.6 is 0 Å². The molecular formula is C12H14F2N2O2. The van der Waals surface area contributed by atoms with E-state index in [0.29, 0.717) is 0 Å². The lowest BCUT2D eigenvalue weighted by Gasteiger charge is -2.18. The molecule has 0 saturated carbocycles. The fourth-order valence-corrected chi connectivity index (χ4v) is 2.15. The Kier molecular flexibility index (Phi) is 3.47. The van der Waals surface area contributed by atoms with Crippen molar-refractivity contribution in [1.29, 1.82) is 0 Å². The van der Waals surface area contributed by atoms with Crippen molar-refractivity contribution in [3.63, 3.8) is 0 Å². The van der Waals surface area contributed by atoms with Gasteiger partial charge in [-0.15, -0.1) is 0 Å². The maximum Gasteiger partial charge on any atom is 0.320 e. The largest absolute Gasteiger partial charge is 0.395 e. The summed E-state index contributed by atoms with van der Waals surface area (Å²) in [5, 5.41) is 8.84. The average molecular weight is 256 g/mol. The fourth-order valence-electron chi connectivity index (χ4n) is 2.15. The van der Waals surface area contributed by atoms with Gasteiger partial charge < -0.3 is 14.9 Å². The summed E-state index contributed by atoms with van der Waals surface area (Å²) < 4.78 is 26.8. The van der Waals surface area contributed by atoms with Crippen molar-refractivity contribution in [2.24, 2.45) is 0 Å². The topological polar surface area (TPSA) is 43.8 Å². The number of hydrogen-bond donors (Lipinski definition) is 1. The number of carbonyl (C=O) groups is 1. The predicted octanol–water partition coefficient (Wildman–Crippen LogP) is 1.37. The van der Waals surface area contributed by atoms with Crippen LogP contribution in [0.4, 0.5) is 13.6 Å². The molecule has 0 radical (unpaired) electrons. The van der Waals surface area contributed by atoms with Gasteiger partial charge in [0.05, 0.1) is 12.6 Å². The number of β-amino-alcohol motifs (C(OH)–C–C–N with tert-alkyl or cyclic N) is 1. The summed E-state index contributed by atoms with van der Waals surface area (Å²) in [6.07, 6.45) is 0. The second-order valence-electron chi connectivity index (χ2n) is 4.24. The molecule has 1 unspecified atom stereocenters. The Labute approximate surface area is 103 Å². The molecule has 0 aromatic heterocycles. The van der Waals surface area contributed by atoms with Gasteiger partial charge >= 0.3 is 6.03 Å². The van der Waals surface area contributed by atoms with Crippen LogP contribution < -0.4 is 0 Å². The van der Waals surface area contributed by atoms with Crippen molar-refractivity contribution in [3.8, 4) is 0 Å². The Balaban J connectivity index is 2.29. The number of nitrogens with zero attached hydrogens (tertiary/aromatic N) is 2. The van der Waals surface area contributed by atoms with Gasteiger partial charge in [0, 0.05) is 25.7 Å². The van der Waals surface area contributed by atoms with E-state index < -0.39 is 17.7 Å². The van der Waals surface area contributed by atoms with Gasteiger partial charge in [-0.05, 0) is 18.2 Å². The van der Waals surface area contributed by atoms with E-state index in [1.807, 2.05) is 0 Å². The van der Waals surface area contributed by atoms with Crippen LogP contribution in [0.15, 0.2) is 18.2 Å². The Morgan fingerprint density at radius 1 is 1.44 bits per heavy atom. The average Bonchev–Trinajstić information content (AvgIpc) is 2.61. The van der Waals surface area contributed by atoms with Crippen LogP contribution in [0.5, 0.6) is 0 Å². The third kappa shape index (κ3) is 2.15. The lowest BCUT2D eigenvalue weighted by Crippen LogP contribution is -2.31. The number of carbonyl (C=O) groups excluding carboxylic acids is 1. The summed E-state index contributed by atoms with van der Waals surface area (Å²) in [6, 6.07) is 2.38. The Morgan fingerprint density at radius 3 is 2.83 bits per heavy atom. The minimum atomic E-state index is -0.535. The first-order valence-corrected chi connectivity index (χ1v) is 5.62. The molecule has 0 spiro atoms. The summed E-state index contributed by atoms with van der Waals surface area (Å²) in [5.41, 5.74) is 0.159. The second-order valence-corrected chi connectivity index (χ2v) is 4.24. The number of likely N-dealkylation sites (N-methyl/N-ethyl adjacent to an activating group) is 1. The molecule has 98 valence electrons. The van der Waals surface area contributed by atoms with Gasteiger partial charge in [0.1, 0.15) is 11.6 Å². The molecule has 1 saturated heterocycles. The van der Waals surface area contributed by atoms with Crippen LogP contribution in [0.2, 0.25) is 0 Å². The van der Waals surface area contributed by atoms with Crippen molar-refractivity contribution in [1.82, 2.24) is 9.80 Å². The van der Waals surface area contributed by atoms with Gasteiger partial charge in [-0.3, -0.25) is 0 Å². The summed E-state index contributed by atoms with van der Waals surface area (Å²) in [6.45, 7) is 0.283. The Bertz CT molecular complexity index is 467. The highest BCUT2D eigenvalue weighted by Gasteiger charge is 2.36. The highest BCUT2D eigenvalue weighted by atomic mass is 19.1. The van der Waals surface area contributed by atoms with E-state index in [0.717, 1.165) is 18.2 Å². The number of benzene rings is 1. The molecule has 2 rings (SSSR count). The molecule has 4 nitrogen and oxygen atoms in total. The zero-order chi connectivity index (χ0) is 13.3. The number of hydrogen-bond acceptors (Lipinski definition) is 2. The quantitative estimate of drug-likeness (QED) is 0.887. The number of aliphatic hydroxyl groups is 1. The summed E-state index contributed by atoms with van der Waals surface area (Å²) in [5.74, 6) is -1.07. The molecule has 2 amide bonds. The zero-order valence-corrected chi connectivity index (χ0v) is 9.94. The first-order chi connectivity index (χ1) is 8.54. The smallest absolute Gasteiger partial charge is 0.320 e. The van der Waals surface area contributed by atoms with Crippen LogP contribution in [0.1, 0.15) is 11.6 Å². The molecule has 1 aromatic carbocycles. The molecule has 1 aliphatic heterocycles. The third-order valence-electron chi connectivity index (χ3n) is 3.12. The van der Waals surface area contributed by atoms with Gasteiger partial charge in [-0.1, -0.05) is 0 Å².